The van der Waals surface area contributed by atoms with Crippen molar-refractivity contribution in [2.45, 2.75) is 46.6 Å². The lowest BCUT2D eigenvalue weighted by Crippen LogP contribution is -2.30. The van der Waals surface area contributed by atoms with Crippen LogP contribution < -0.4 is 5.32 Å². The first-order chi connectivity index (χ1) is 6.04. The van der Waals surface area contributed by atoms with E-state index in [9.17, 15) is 0 Å². The van der Waals surface area contributed by atoms with Crippen molar-refractivity contribution in [1.29, 1.82) is 0 Å². The lowest BCUT2D eigenvalue weighted by molar-refractivity contribution is 0.0535. The third-order valence-corrected chi connectivity index (χ3v) is 2.61. The van der Waals surface area contributed by atoms with E-state index in [2.05, 4.69) is 33.0 Å². The van der Waals surface area contributed by atoms with Crippen molar-refractivity contribution >= 4 is 0 Å². The fourth-order valence-electron chi connectivity index (χ4n) is 1.36. The molecule has 0 saturated carbocycles. The molecule has 0 aromatic heterocycles. The molecule has 80 valence electrons. The Bertz CT molecular complexity index is 125. The number of ether oxygens (including phenoxy) is 1. The molecule has 0 fully saturated rings. The van der Waals surface area contributed by atoms with Gasteiger partial charge < -0.3 is 10.1 Å². The molecule has 0 rings (SSSR count). The second-order valence-electron chi connectivity index (χ2n) is 4.36. The summed E-state index contributed by atoms with van der Waals surface area (Å²) in [5.74, 6) is 0. The van der Waals surface area contributed by atoms with Crippen molar-refractivity contribution in [3.8, 4) is 0 Å². The average Bonchev–Trinajstić information content (AvgIpc) is 2.04. The van der Waals surface area contributed by atoms with E-state index in [1.54, 1.807) is 0 Å². The first kappa shape index (κ1) is 12.9. The van der Waals surface area contributed by atoms with Gasteiger partial charge in [-0.05, 0) is 39.2 Å². The molecule has 2 nitrogen and oxygen atoms in total. The van der Waals surface area contributed by atoms with E-state index >= 15 is 0 Å². The van der Waals surface area contributed by atoms with E-state index in [0.717, 1.165) is 19.6 Å². The zero-order valence-corrected chi connectivity index (χ0v) is 9.81. The molecule has 0 bridgehead atoms. The second-order valence-corrected chi connectivity index (χ2v) is 4.36. The van der Waals surface area contributed by atoms with Crippen molar-refractivity contribution in [2.24, 2.45) is 5.41 Å². The van der Waals surface area contributed by atoms with Crippen molar-refractivity contribution in [3.05, 3.63) is 0 Å². The summed E-state index contributed by atoms with van der Waals surface area (Å²) in [4.78, 5) is 0. The second kappa shape index (κ2) is 6.39. The van der Waals surface area contributed by atoms with E-state index in [1.165, 1.54) is 6.42 Å². The number of hydrogen-bond acceptors (Lipinski definition) is 2. The number of nitrogens with one attached hydrogen (secondary N) is 1. The molecule has 0 aromatic rings. The first-order valence-electron chi connectivity index (χ1n) is 5.30. The van der Waals surface area contributed by atoms with Gasteiger partial charge in [0.25, 0.3) is 0 Å². The van der Waals surface area contributed by atoms with Crippen molar-refractivity contribution in [2.75, 3.05) is 20.2 Å². The molecule has 1 N–H and O–H groups in total. The summed E-state index contributed by atoms with van der Waals surface area (Å²) < 4.78 is 5.56. The minimum atomic E-state index is 0.357. The quantitative estimate of drug-likeness (QED) is 0.661. The summed E-state index contributed by atoms with van der Waals surface area (Å²) in [5.41, 5.74) is 0.392. The maximum absolute atomic E-state index is 5.56. The van der Waals surface area contributed by atoms with Gasteiger partial charge in [-0.2, -0.15) is 0 Å². The number of hydrogen-bond donors (Lipinski definition) is 1. The van der Waals surface area contributed by atoms with Crippen molar-refractivity contribution < 1.29 is 4.74 Å². The van der Waals surface area contributed by atoms with E-state index in [0.29, 0.717) is 11.5 Å². The van der Waals surface area contributed by atoms with Crippen LogP contribution in [0.1, 0.15) is 40.5 Å². The van der Waals surface area contributed by atoms with Crippen LogP contribution in [0.2, 0.25) is 0 Å². The largest absolute Gasteiger partial charge is 0.379 e. The smallest absolute Gasteiger partial charge is 0.0518 e. The van der Waals surface area contributed by atoms with Gasteiger partial charge in [0.15, 0.2) is 0 Å². The Morgan fingerprint density at radius 3 is 2.38 bits per heavy atom. The lowest BCUT2D eigenvalue weighted by Gasteiger charge is -2.28. The summed E-state index contributed by atoms with van der Waals surface area (Å²) >= 11 is 0. The minimum Gasteiger partial charge on any atom is -0.379 e. The molecule has 0 aliphatic carbocycles. The fraction of sp³-hybridized carbons (Fsp3) is 1.00. The first-order valence-corrected chi connectivity index (χ1v) is 5.30. The normalized spacial score (nSPS) is 16.2. The highest BCUT2D eigenvalue weighted by Gasteiger charge is 2.20. The molecule has 0 aliphatic heterocycles. The molecular weight excluding hydrogens is 162 g/mol. The highest BCUT2D eigenvalue weighted by atomic mass is 16.5. The minimum absolute atomic E-state index is 0.357. The van der Waals surface area contributed by atoms with E-state index < -0.39 is 0 Å². The predicted octanol–water partition coefficient (Wildman–Crippen LogP) is 2.44. The molecule has 1 atom stereocenters. The van der Waals surface area contributed by atoms with Crippen LogP contribution in [0.15, 0.2) is 0 Å². The van der Waals surface area contributed by atoms with Crippen molar-refractivity contribution in [3.63, 3.8) is 0 Å². The molecule has 0 radical (unpaired) electrons. The Hall–Kier alpha value is -0.0800. The van der Waals surface area contributed by atoms with Crippen LogP contribution in [0.25, 0.3) is 0 Å². The van der Waals surface area contributed by atoms with Gasteiger partial charge >= 0.3 is 0 Å². The summed E-state index contributed by atoms with van der Waals surface area (Å²) in [7, 11) is 2.01. The Balaban J connectivity index is 3.69. The molecule has 0 aliphatic rings. The molecule has 0 spiro atoms. The third kappa shape index (κ3) is 6.05. The van der Waals surface area contributed by atoms with Crippen LogP contribution in [0.5, 0.6) is 0 Å². The van der Waals surface area contributed by atoms with Crippen LogP contribution in [-0.4, -0.2) is 26.3 Å². The molecule has 0 aromatic carbocycles. The number of rotatable bonds is 7. The maximum atomic E-state index is 5.56. The lowest BCUT2D eigenvalue weighted by atomic mass is 9.84. The molecule has 0 saturated heterocycles. The zero-order chi connectivity index (χ0) is 10.3. The predicted molar refractivity (Wildman–Crippen MR) is 58.0 cm³/mol. The van der Waals surface area contributed by atoms with Gasteiger partial charge in [-0.25, -0.2) is 0 Å². The average molecular weight is 187 g/mol. The van der Waals surface area contributed by atoms with Gasteiger partial charge in [0.05, 0.1) is 6.10 Å². The van der Waals surface area contributed by atoms with Crippen LogP contribution in [0, 0.1) is 5.41 Å². The molecule has 1 unspecified atom stereocenters. The molecule has 13 heavy (non-hydrogen) atoms. The standard InChI is InChI=1S/C11H25NO/c1-6-11(4,9-12-5)7-8-13-10(2)3/h10,12H,6-9H2,1-5H3. The topological polar surface area (TPSA) is 21.3 Å². The van der Waals surface area contributed by atoms with Gasteiger partial charge in [-0.1, -0.05) is 13.8 Å². The van der Waals surface area contributed by atoms with E-state index in [1.807, 2.05) is 7.05 Å². The third-order valence-electron chi connectivity index (χ3n) is 2.61. The Kier molecular flexibility index (Phi) is 6.35. The molecule has 2 heteroatoms. The highest BCUT2D eigenvalue weighted by Crippen LogP contribution is 2.24. The van der Waals surface area contributed by atoms with Crippen LogP contribution >= 0.6 is 0 Å². The molecular formula is C11H25NO. The van der Waals surface area contributed by atoms with Crippen LogP contribution in [0.4, 0.5) is 0 Å². The molecule has 0 heterocycles. The summed E-state index contributed by atoms with van der Waals surface area (Å²) in [6.45, 7) is 10.7. The Labute approximate surface area is 83.1 Å². The zero-order valence-electron chi connectivity index (χ0n) is 9.81. The molecule has 0 amide bonds. The van der Waals surface area contributed by atoms with Gasteiger partial charge in [0, 0.05) is 13.2 Å². The SMILES string of the molecule is CCC(C)(CCOC(C)C)CNC. The fourth-order valence-corrected chi connectivity index (χ4v) is 1.36. The monoisotopic (exact) mass is 187 g/mol. The maximum Gasteiger partial charge on any atom is 0.0518 e. The van der Waals surface area contributed by atoms with E-state index in [-0.39, 0.29) is 0 Å². The Morgan fingerprint density at radius 2 is 2.00 bits per heavy atom. The summed E-state index contributed by atoms with van der Waals surface area (Å²) in [6, 6.07) is 0. The van der Waals surface area contributed by atoms with E-state index in [4.69, 9.17) is 4.74 Å². The van der Waals surface area contributed by atoms with Gasteiger partial charge in [0.1, 0.15) is 0 Å². The summed E-state index contributed by atoms with van der Waals surface area (Å²) in [6.07, 6.45) is 2.70. The highest BCUT2D eigenvalue weighted by molar-refractivity contribution is 4.74. The van der Waals surface area contributed by atoms with Gasteiger partial charge in [-0.3, -0.25) is 0 Å². The van der Waals surface area contributed by atoms with Gasteiger partial charge in [0.2, 0.25) is 0 Å². The van der Waals surface area contributed by atoms with Crippen LogP contribution in [0.3, 0.4) is 0 Å². The van der Waals surface area contributed by atoms with Crippen LogP contribution in [-0.2, 0) is 4.74 Å². The van der Waals surface area contributed by atoms with Crippen molar-refractivity contribution in [1.82, 2.24) is 5.32 Å². The Morgan fingerprint density at radius 1 is 1.38 bits per heavy atom. The summed E-state index contributed by atoms with van der Waals surface area (Å²) in [5, 5.41) is 3.24. The van der Waals surface area contributed by atoms with Gasteiger partial charge in [-0.15, -0.1) is 0 Å².